The van der Waals surface area contributed by atoms with Crippen molar-refractivity contribution < 1.29 is 9.53 Å². The van der Waals surface area contributed by atoms with Crippen LogP contribution in [-0.2, 0) is 4.74 Å². The highest BCUT2D eigenvalue weighted by molar-refractivity contribution is 9.10. The van der Waals surface area contributed by atoms with E-state index >= 15 is 0 Å². The van der Waals surface area contributed by atoms with Crippen LogP contribution in [0.2, 0.25) is 5.28 Å². The lowest BCUT2D eigenvalue weighted by molar-refractivity contribution is 0.0544. The van der Waals surface area contributed by atoms with Gasteiger partial charge in [-0.15, -0.1) is 0 Å². The van der Waals surface area contributed by atoms with Crippen LogP contribution in [0.1, 0.15) is 20.8 Å². The van der Waals surface area contributed by atoms with E-state index in [-0.39, 0.29) is 5.28 Å². The van der Waals surface area contributed by atoms with Gasteiger partial charge < -0.3 is 4.74 Å². The van der Waals surface area contributed by atoms with Crippen LogP contribution in [0, 0.1) is 0 Å². The summed E-state index contributed by atoms with van der Waals surface area (Å²) in [5.74, 6) is 0. The van der Waals surface area contributed by atoms with Gasteiger partial charge in [-0.25, -0.2) is 14.8 Å². The van der Waals surface area contributed by atoms with Gasteiger partial charge in [0, 0.05) is 23.3 Å². The second-order valence-corrected chi connectivity index (χ2v) is 7.44. The lowest BCUT2D eigenvalue weighted by Gasteiger charge is -2.19. The highest BCUT2D eigenvalue weighted by atomic mass is 79.9. The Kier molecular flexibility index (Phi) is 4.36. The van der Waals surface area contributed by atoms with Crippen molar-refractivity contribution in [2.45, 2.75) is 26.4 Å². The van der Waals surface area contributed by atoms with Crippen LogP contribution in [0.5, 0.6) is 0 Å². The molecule has 0 saturated heterocycles. The Balaban J connectivity index is 2.21. The molecule has 2 heterocycles. The van der Waals surface area contributed by atoms with E-state index in [1.807, 2.05) is 45.0 Å². The van der Waals surface area contributed by atoms with Crippen molar-refractivity contribution in [2.24, 2.45) is 0 Å². The van der Waals surface area contributed by atoms with Gasteiger partial charge in [-0.3, -0.25) is 4.57 Å². The van der Waals surface area contributed by atoms with Gasteiger partial charge in [0.2, 0.25) is 5.28 Å². The number of hydrogen-bond acceptors (Lipinski definition) is 4. The molecular weight excluding hydrogens is 394 g/mol. The SMILES string of the molecule is CC(C)(C)OC(=O)n1cc(-c2nc(Cl)ncc2Br)c2ccccc21. The predicted molar refractivity (Wildman–Crippen MR) is 97.3 cm³/mol. The minimum Gasteiger partial charge on any atom is -0.443 e. The van der Waals surface area contributed by atoms with Crippen molar-refractivity contribution in [2.75, 3.05) is 0 Å². The van der Waals surface area contributed by atoms with Gasteiger partial charge in [0.05, 0.1) is 15.7 Å². The maximum atomic E-state index is 12.5. The molecule has 124 valence electrons. The lowest BCUT2D eigenvalue weighted by atomic mass is 10.1. The Labute approximate surface area is 152 Å². The van der Waals surface area contributed by atoms with Crippen molar-refractivity contribution in [3.63, 3.8) is 0 Å². The Morgan fingerprint density at radius 2 is 2.00 bits per heavy atom. The molecule has 3 rings (SSSR count). The molecule has 0 aliphatic heterocycles. The Hall–Kier alpha value is -1.92. The number of carbonyl (C=O) groups is 1. The molecule has 0 saturated carbocycles. The van der Waals surface area contributed by atoms with Crippen molar-refractivity contribution in [3.8, 4) is 11.3 Å². The summed E-state index contributed by atoms with van der Waals surface area (Å²) in [7, 11) is 0. The fourth-order valence-corrected chi connectivity index (χ4v) is 2.90. The first kappa shape index (κ1) is 16.9. The minimum atomic E-state index is -0.582. The van der Waals surface area contributed by atoms with Crippen LogP contribution < -0.4 is 0 Å². The fourth-order valence-electron chi connectivity index (χ4n) is 2.36. The molecule has 3 aromatic rings. The molecule has 0 atom stereocenters. The average molecular weight is 409 g/mol. The van der Waals surface area contributed by atoms with Crippen molar-refractivity contribution in [1.29, 1.82) is 0 Å². The number of hydrogen-bond donors (Lipinski definition) is 0. The molecule has 2 aromatic heterocycles. The van der Waals surface area contributed by atoms with E-state index < -0.39 is 11.7 Å². The van der Waals surface area contributed by atoms with Crippen molar-refractivity contribution in [3.05, 3.63) is 46.4 Å². The molecule has 1 aromatic carbocycles. The van der Waals surface area contributed by atoms with Crippen LogP contribution in [0.15, 0.2) is 41.1 Å². The molecule has 0 bridgehead atoms. The maximum absolute atomic E-state index is 12.5. The first-order valence-electron chi connectivity index (χ1n) is 7.28. The zero-order valence-electron chi connectivity index (χ0n) is 13.4. The number of nitrogens with zero attached hydrogens (tertiary/aromatic N) is 3. The molecule has 5 nitrogen and oxygen atoms in total. The van der Waals surface area contributed by atoms with Gasteiger partial charge >= 0.3 is 6.09 Å². The number of carbonyl (C=O) groups excluding carboxylic acids is 1. The second kappa shape index (κ2) is 6.18. The molecule has 0 unspecified atom stereocenters. The van der Waals surface area contributed by atoms with Gasteiger partial charge in [-0.2, -0.15) is 0 Å². The summed E-state index contributed by atoms with van der Waals surface area (Å²) in [6.07, 6.45) is 2.85. The molecule has 0 fully saturated rings. The van der Waals surface area contributed by atoms with Gasteiger partial charge in [0.15, 0.2) is 0 Å². The molecule has 0 aliphatic rings. The van der Waals surface area contributed by atoms with E-state index in [1.54, 1.807) is 12.4 Å². The normalized spacial score (nSPS) is 11.7. The van der Waals surface area contributed by atoms with Gasteiger partial charge in [0.1, 0.15) is 5.60 Å². The van der Waals surface area contributed by atoms with Crippen molar-refractivity contribution in [1.82, 2.24) is 14.5 Å². The van der Waals surface area contributed by atoms with Crippen molar-refractivity contribution >= 4 is 44.5 Å². The number of halogens is 2. The van der Waals surface area contributed by atoms with Crippen LogP contribution in [0.3, 0.4) is 0 Å². The molecule has 0 aliphatic carbocycles. The molecular formula is C17H15BrClN3O2. The number of benzene rings is 1. The molecule has 0 amide bonds. The highest BCUT2D eigenvalue weighted by Gasteiger charge is 2.22. The van der Waals surface area contributed by atoms with E-state index in [4.69, 9.17) is 16.3 Å². The highest BCUT2D eigenvalue weighted by Crippen LogP contribution is 2.34. The van der Waals surface area contributed by atoms with E-state index in [1.165, 1.54) is 4.57 Å². The third kappa shape index (κ3) is 3.30. The van der Waals surface area contributed by atoms with E-state index in [2.05, 4.69) is 25.9 Å². The molecule has 24 heavy (non-hydrogen) atoms. The summed E-state index contributed by atoms with van der Waals surface area (Å²) in [5, 5.41) is 1.01. The topological polar surface area (TPSA) is 57.0 Å². The molecule has 7 heteroatoms. The van der Waals surface area contributed by atoms with E-state index in [9.17, 15) is 4.79 Å². The zero-order chi connectivity index (χ0) is 17.5. The summed E-state index contributed by atoms with van der Waals surface area (Å²) in [6.45, 7) is 5.49. The summed E-state index contributed by atoms with van der Waals surface area (Å²) in [6, 6.07) is 7.56. The fraction of sp³-hybridized carbons (Fsp3) is 0.235. The third-order valence-electron chi connectivity index (χ3n) is 3.27. The predicted octanol–water partition coefficient (Wildman–Crippen LogP) is 5.30. The van der Waals surface area contributed by atoms with Crippen LogP contribution in [0.25, 0.3) is 22.2 Å². The second-order valence-electron chi connectivity index (χ2n) is 6.25. The van der Waals surface area contributed by atoms with Gasteiger partial charge in [-0.1, -0.05) is 18.2 Å². The average Bonchev–Trinajstić information content (AvgIpc) is 2.88. The molecule has 0 N–H and O–H groups in total. The lowest BCUT2D eigenvalue weighted by Crippen LogP contribution is -2.26. The molecule has 0 spiro atoms. The quantitative estimate of drug-likeness (QED) is 0.513. The summed E-state index contributed by atoms with van der Waals surface area (Å²) >= 11 is 9.37. The van der Waals surface area contributed by atoms with Crippen LogP contribution in [0.4, 0.5) is 4.79 Å². The monoisotopic (exact) mass is 407 g/mol. The maximum Gasteiger partial charge on any atom is 0.419 e. The van der Waals surface area contributed by atoms with Crippen LogP contribution in [-0.4, -0.2) is 26.2 Å². The Bertz CT molecular complexity index is 931. The van der Waals surface area contributed by atoms with E-state index in [0.29, 0.717) is 10.2 Å². The first-order valence-corrected chi connectivity index (χ1v) is 8.45. The van der Waals surface area contributed by atoms with Crippen LogP contribution >= 0.6 is 27.5 Å². The summed E-state index contributed by atoms with van der Waals surface area (Å²) < 4.78 is 7.67. The van der Waals surface area contributed by atoms with Gasteiger partial charge in [0.25, 0.3) is 0 Å². The Morgan fingerprint density at radius 3 is 2.71 bits per heavy atom. The zero-order valence-corrected chi connectivity index (χ0v) is 15.7. The third-order valence-corrected chi connectivity index (χ3v) is 4.03. The summed E-state index contributed by atoms with van der Waals surface area (Å²) in [5.41, 5.74) is 1.55. The Morgan fingerprint density at radius 1 is 1.29 bits per heavy atom. The largest absolute Gasteiger partial charge is 0.443 e. The standard InChI is InChI=1S/C17H15BrClN3O2/c1-17(2,3)24-16(23)22-9-11(10-6-4-5-7-13(10)22)14-12(18)8-20-15(19)21-14/h4-9H,1-3H3. The summed E-state index contributed by atoms with van der Waals surface area (Å²) in [4.78, 5) is 20.8. The minimum absolute atomic E-state index is 0.141. The number of ether oxygens (including phenoxy) is 1. The van der Waals surface area contributed by atoms with Gasteiger partial charge in [-0.05, 0) is 54.4 Å². The number of rotatable bonds is 1. The van der Waals surface area contributed by atoms with E-state index in [0.717, 1.165) is 16.5 Å². The molecule has 0 radical (unpaired) electrons. The first-order chi connectivity index (χ1) is 11.3. The smallest absolute Gasteiger partial charge is 0.419 e. The number of aromatic nitrogens is 3. The number of para-hydroxylation sites is 1. The number of fused-ring (bicyclic) bond motifs is 1.